The van der Waals surface area contributed by atoms with Crippen molar-refractivity contribution in [3.63, 3.8) is 0 Å². The lowest BCUT2D eigenvalue weighted by Crippen LogP contribution is -2.15. The Morgan fingerprint density at radius 3 is 2.06 bits per heavy atom. The van der Waals surface area contributed by atoms with Crippen LogP contribution in [0.2, 0.25) is 5.02 Å². The number of halogens is 2. The molecule has 0 bridgehead atoms. The summed E-state index contributed by atoms with van der Waals surface area (Å²) in [5.41, 5.74) is 3.70. The van der Waals surface area contributed by atoms with Crippen molar-refractivity contribution in [1.82, 2.24) is 0 Å². The highest BCUT2D eigenvalue weighted by Crippen LogP contribution is 2.24. The summed E-state index contributed by atoms with van der Waals surface area (Å²) >= 11 is 7.40. The molecular weight excluding hydrogens is 479 g/mol. The second-order valence-corrected chi connectivity index (χ2v) is 10.3. The van der Waals surface area contributed by atoms with E-state index in [-0.39, 0.29) is 17.1 Å². The largest absolute Gasteiger partial charge is 0.386 e. The van der Waals surface area contributed by atoms with Gasteiger partial charge < -0.3 is 10.6 Å². The molecule has 3 nitrogen and oxygen atoms in total. The van der Waals surface area contributed by atoms with Crippen molar-refractivity contribution in [2.24, 2.45) is 0 Å². The van der Waals surface area contributed by atoms with E-state index in [1.165, 1.54) is 28.7 Å². The van der Waals surface area contributed by atoms with Crippen molar-refractivity contribution < 1.29 is 9.18 Å². The lowest BCUT2D eigenvalue weighted by molar-refractivity contribution is -0.115. The molecule has 0 aliphatic rings. The molecule has 0 aromatic heterocycles. The summed E-state index contributed by atoms with van der Waals surface area (Å²) in [6.45, 7) is 12.7. The molecule has 0 fully saturated rings. The molecule has 1 amide bonds. The first kappa shape index (κ1) is 30.5. The smallest absolute Gasteiger partial charge is 0.228 e. The van der Waals surface area contributed by atoms with E-state index in [4.69, 9.17) is 11.6 Å². The molecule has 190 valence electrons. The number of carbonyl (C=O) groups excluding carboxylic acids is 1. The first-order chi connectivity index (χ1) is 16.6. The Labute approximate surface area is 219 Å². The van der Waals surface area contributed by atoms with Gasteiger partial charge in [-0.2, -0.15) is 0 Å². The Morgan fingerprint density at radius 1 is 0.971 bits per heavy atom. The fourth-order valence-corrected chi connectivity index (χ4v) is 3.84. The van der Waals surface area contributed by atoms with Crippen LogP contribution in [0.15, 0.2) is 71.6 Å². The van der Waals surface area contributed by atoms with Gasteiger partial charge >= 0.3 is 0 Å². The van der Waals surface area contributed by atoms with Gasteiger partial charge in [0, 0.05) is 22.7 Å². The zero-order chi connectivity index (χ0) is 26.4. The highest BCUT2D eigenvalue weighted by Gasteiger charge is 2.13. The van der Waals surface area contributed by atoms with Gasteiger partial charge in [0.15, 0.2) is 0 Å². The van der Waals surface area contributed by atoms with Gasteiger partial charge in [-0.3, -0.25) is 4.79 Å². The fourth-order valence-electron chi connectivity index (χ4n) is 3.00. The molecule has 0 atom stereocenters. The lowest BCUT2D eigenvalue weighted by Gasteiger charge is -2.19. The highest BCUT2D eigenvalue weighted by molar-refractivity contribution is 7.99. The van der Waals surface area contributed by atoms with Crippen LogP contribution in [0.25, 0.3) is 0 Å². The summed E-state index contributed by atoms with van der Waals surface area (Å²) in [7, 11) is 1.65. The molecular formula is C29H38ClFN2OS. The topological polar surface area (TPSA) is 41.1 Å². The predicted molar refractivity (Wildman–Crippen MR) is 153 cm³/mol. The molecule has 0 saturated heterocycles. The van der Waals surface area contributed by atoms with Crippen molar-refractivity contribution in [2.75, 3.05) is 23.4 Å². The molecule has 0 radical (unpaired) electrons. The quantitative estimate of drug-likeness (QED) is 0.321. The van der Waals surface area contributed by atoms with Crippen LogP contribution >= 0.6 is 23.4 Å². The van der Waals surface area contributed by atoms with Crippen LogP contribution in [0.3, 0.4) is 0 Å². The highest BCUT2D eigenvalue weighted by atomic mass is 35.5. The van der Waals surface area contributed by atoms with Crippen molar-refractivity contribution in [2.45, 2.75) is 58.3 Å². The third-order valence-electron chi connectivity index (χ3n) is 4.83. The SMILES string of the molecule is CC.CCSc1ccc(CC(=O)Nc2ccc(C(C)(C)C)cc2)cc1.CNc1cc(Cl)ccc1F. The third kappa shape index (κ3) is 11.2. The monoisotopic (exact) mass is 516 g/mol. The summed E-state index contributed by atoms with van der Waals surface area (Å²) < 4.78 is 12.6. The average Bonchev–Trinajstić information content (AvgIpc) is 2.83. The van der Waals surface area contributed by atoms with Crippen molar-refractivity contribution in [1.29, 1.82) is 0 Å². The molecule has 0 heterocycles. The zero-order valence-electron chi connectivity index (χ0n) is 21.8. The van der Waals surface area contributed by atoms with E-state index in [1.807, 2.05) is 49.9 Å². The number of thioether (sulfide) groups is 1. The van der Waals surface area contributed by atoms with E-state index in [9.17, 15) is 9.18 Å². The van der Waals surface area contributed by atoms with Crippen LogP contribution < -0.4 is 10.6 Å². The number of anilines is 2. The molecule has 0 aliphatic heterocycles. The van der Waals surface area contributed by atoms with Crippen molar-refractivity contribution in [3.8, 4) is 0 Å². The van der Waals surface area contributed by atoms with E-state index < -0.39 is 0 Å². The van der Waals surface area contributed by atoms with E-state index in [0.29, 0.717) is 17.1 Å². The first-order valence-electron chi connectivity index (χ1n) is 11.9. The maximum absolute atomic E-state index is 12.6. The molecule has 0 saturated carbocycles. The van der Waals surface area contributed by atoms with Gasteiger partial charge in [-0.15, -0.1) is 11.8 Å². The van der Waals surface area contributed by atoms with Gasteiger partial charge in [-0.25, -0.2) is 4.39 Å². The summed E-state index contributed by atoms with van der Waals surface area (Å²) in [6.07, 6.45) is 0.401. The molecule has 2 N–H and O–H groups in total. The summed E-state index contributed by atoms with van der Waals surface area (Å²) in [5, 5.41) is 6.17. The van der Waals surface area contributed by atoms with Crippen LogP contribution in [0.1, 0.15) is 52.7 Å². The minimum Gasteiger partial charge on any atom is -0.386 e. The maximum atomic E-state index is 12.6. The van der Waals surface area contributed by atoms with Gasteiger partial charge in [0.2, 0.25) is 5.91 Å². The minimum absolute atomic E-state index is 0.0180. The number of hydrogen-bond donors (Lipinski definition) is 2. The van der Waals surface area contributed by atoms with Gasteiger partial charge in [-0.1, -0.05) is 77.4 Å². The van der Waals surface area contributed by atoms with Crippen LogP contribution in [0.5, 0.6) is 0 Å². The molecule has 3 rings (SSSR count). The summed E-state index contributed by atoms with van der Waals surface area (Å²) in [5.74, 6) is 0.793. The Morgan fingerprint density at radius 2 is 1.57 bits per heavy atom. The second-order valence-electron chi connectivity index (χ2n) is 8.50. The molecule has 35 heavy (non-hydrogen) atoms. The molecule has 0 spiro atoms. The Balaban J connectivity index is 0.000000425. The Kier molecular flexibility index (Phi) is 13.5. The van der Waals surface area contributed by atoms with E-state index in [0.717, 1.165) is 17.0 Å². The van der Waals surface area contributed by atoms with Crippen LogP contribution in [0, 0.1) is 5.82 Å². The normalized spacial score (nSPS) is 10.3. The molecule has 6 heteroatoms. The van der Waals surface area contributed by atoms with Crippen LogP contribution in [0.4, 0.5) is 15.8 Å². The lowest BCUT2D eigenvalue weighted by atomic mass is 9.87. The van der Waals surface area contributed by atoms with E-state index in [2.05, 4.69) is 62.6 Å². The first-order valence-corrected chi connectivity index (χ1v) is 13.2. The predicted octanol–water partition coefficient (Wildman–Crippen LogP) is 8.82. The minimum atomic E-state index is -0.285. The number of benzene rings is 3. The fraction of sp³-hybridized carbons (Fsp3) is 0.345. The van der Waals surface area contributed by atoms with E-state index in [1.54, 1.807) is 7.05 Å². The number of rotatable bonds is 6. The van der Waals surface area contributed by atoms with Gasteiger partial charge in [0.25, 0.3) is 0 Å². The average molecular weight is 517 g/mol. The van der Waals surface area contributed by atoms with Crippen LogP contribution in [-0.4, -0.2) is 18.7 Å². The molecule has 0 aliphatic carbocycles. The van der Waals surface area contributed by atoms with Crippen molar-refractivity contribution in [3.05, 3.63) is 88.7 Å². The summed E-state index contributed by atoms with van der Waals surface area (Å²) in [4.78, 5) is 13.4. The molecule has 3 aromatic rings. The third-order valence-corrected chi connectivity index (χ3v) is 5.96. The van der Waals surface area contributed by atoms with Gasteiger partial charge in [0.1, 0.15) is 5.82 Å². The van der Waals surface area contributed by atoms with Crippen molar-refractivity contribution >= 4 is 40.6 Å². The zero-order valence-corrected chi connectivity index (χ0v) is 23.4. The maximum Gasteiger partial charge on any atom is 0.228 e. The number of hydrogen-bond acceptors (Lipinski definition) is 3. The standard InChI is InChI=1S/C20H25NOS.C7H7ClFN.C2H6/c1-5-23-18-12-6-15(7-13-18)14-19(22)21-17-10-8-16(9-11-17)20(2,3)4;1-10-7-4-5(8)2-3-6(7)9;1-2/h6-13H,5,14H2,1-4H3,(H,21,22);2-4,10H,1H3;1-2H3. The number of amides is 1. The second kappa shape index (κ2) is 15.5. The molecule has 3 aromatic carbocycles. The van der Waals surface area contributed by atoms with Crippen LogP contribution in [-0.2, 0) is 16.6 Å². The number of carbonyl (C=O) groups is 1. The number of nitrogens with one attached hydrogen (secondary N) is 2. The molecule has 0 unspecified atom stereocenters. The van der Waals surface area contributed by atoms with E-state index >= 15 is 0 Å². The summed E-state index contributed by atoms with van der Waals surface area (Å²) in [6, 6.07) is 20.7. The van der Waals surface area contributed by atoms with Gasteiger partial charge in [-0.05, 0) is 64.8 Å². The Bertz CT molecular complexity index is 1030. The Hall–Kier alpha value is -2.50. The van der Waals surface area contributed by atoms with Gasteiger partial charge in [0.05, 0.1) is 12.1 Å².